The number of hydrogen-bond donors (Lipinski definition) is 2. The van der Waals surface area contributed by atoms with E-state index in [0.29, 0.717) is 11.0 Å². The van der Waals surface area contributed by atoms with Gasteiger partial charge in [0.1, 0.15) is 25.0 Å². The number of aryl methyl sites for hydroxylation is 1. The van der Waals surface area contributed by atoms with Crippen LogP contribution in [0.2, 0.25) is 0 Å². The second kappa shape index (κ2) is 18.1. The maximum Gasteiger partial charge on any atom is 0.201 e. The lowest BCUT2D eigenvalue weighted by atomic mass is 9.99. The van der Waals surface area contributed by atoms with Crippen molar-refractivity contribution in [3.8, 4) is 11.1 Å². The summed E-state index contributed by atoms with van der Waals surface area (Å²) in [4.78, 5) is 36.2. The summed E-state index contributed by atoms with van der Waals surface area (Å²) in [5.74, 6) is -2.55. The van der Waals surface area contributed by atoms with Gasteiger partial charge in [0.05, 0.1) is 11.3 Å². The van der Waals surface area contributed by atoms with Crippen LogP contribution >= 0.6 is 0 Å². The van der Waals surface area contributed by atoms with Crippen molar-refractivity contribution < 1.29 is 23.2 Å². The molecule has 2 N–H and O–H groups in total. The predicted octanol–water partition coefficient (Wildman–Crippen LogP) is 7.55. The lowest BCUT2D eigenvalue weighted by Gasteiger charge is -2.08. The van der Waals surface area contributed by atoms with Gasteiger partial charge in [0.15, 0.2) is 5.82 Å². The van der Waals surface area contributed by atoms with Crippen molar-refractivity contribution in [2.45, 2.75) is 47.5 Å². The van der Waals surface area contributed by atoms with Crippen LogP contribution in [0.25, 0.3) is 22.2 Å². The summed E-state index contributed by atoms with van der Waals surface area (Å²) in [6.07, 6.45) is 5.77. The Balaban J connectivity index is 0.00000121. The summed E-state index contributed by atoms with van der Waals surface area (Å²) in [6.45, 7) is 14.4. The van der Waals surface area contributed by atoms with E-state index < -0.39 is 23.0 Å². The third-order valence-electron chi connectivity index (χ3n) is 5.25. The highest BCUT2D eigenvalue weighted by atomic mass is 19.1. The molecule has 0 spiro atoms. The maximum atomic E-state index is 14.6. The number of carbonyl (C=O) groups excluding carboxylic acids is 3. The fourth-order valence-electron chi connectivity index (χ4n) is 3.18. The first-order chi connectivity index (χ1) is 18.4. The van der Waals surface area contributed by atoms with E-state index in [-0.39, 0.29) is 11.3 Å². The molecule has 0 aliphatic rings. The third-order valence-corrected chi connectivity index (χ3v) is 5.25. The molecule has 4 rings (SSSR count). The zero-order valence-corrected chi connectivity index (χ0v) is 23.0. The minimum Gasteiger partial charge on any atom is -0.386 e. The highest BCUT2D eigenvalue weighted by molar-refractivity contribution is 6.16. The van der Waals surface area contributed by atoms with E-state index in [1.165, 1.54) is 32.2 Å². The van der Waals surface area contributed by atoms with Crippen LogP contribution in [-0.2, 0) is 9.59 Å². The molecule has 0 fully saturated rings. The number of aromatic amines is 1. The van der Waals surface area contributed by atoms with Crippen molar-refractivity contribution in [2.24, 2.45) is 0 Å². The molecule has 0 unspecified atom stereocenters. The molecule has 0 atom stereocenters. The van der Waals surface area contributed by atoms with Gasteiger partial charge < -0.3 is 19.9 Å². The van der Waals surface area contributed by atoms with Crippen molar-refractivity contribution in [2.75, 3.05) is 12.4 Å². The van der Waals surface area contributed by atoms with Gasteiger partial charge >= 0.3 is 0 Å². The second-order valence-electron chi connectivity index (χ2n) is 7.55. The van der Waals surface area contributed by atoms with Crippen LogP contribution in [-0.4, -0.2) is 36.4 Å². The molecule has 0 saturated heterocycles. The van der Waals surface area contributed by atoms with Crippen molar-refractivity contribution in [1.29, 1.82) is 0 Å². The Morgan fingerprint density at radius 3 is 2.05 bits per heavy atom. The van der Waals surface area contributed by atoms with Crippen LogP contribution in [0.1, 0.15) is 62.0 Å². The lowest BCUT2D eigenvalue weighted by Crippen LogP contribution is -2.09. The molecule has 0 aliphatic carbocycles. The zero-order valence-electron chi connectivity index (χ0n) is 23.0. The summed E-state index contributed by atoms with van der Waals surface area (Å²) in [5.41, 5.74) is 3.00. The van der Waals surface area contributed by atoms with Crippen LogP contribution in [0.4, 0.5) is 14.5 Å². The molecule has 4 aromatic rings. The minimum absolute atomic E-state index is 0.0584. The SMILES string of the molecule is C=O.C=O.CC.CCCC.CNc1ccc(F)c(C(=O)c2c[nH]c3ncc(-c4ccc(C)cc4)cc23)c1F. The molecule has 8 heteroatoms. The van der Waals surface area contributed by atoms with Crippen molar-refractivity contribution in [1.82, 2.24) is 9.97 Å². The average Bonchev–Trinajstić information content (AvgIpc) is 3.40. The Bertz CT molecular complexity index is 1270. The minimum atomic E-state index is -0.913. The summed E-state index contributed by atoms with van der Waals surface area (Å²) >= 11 is 0. The Morgan fingerprint density at radius 1 is 0.947 bits per heavy atom. The van der Waals surface area contributed by atoms with E-state index in [1.807, 2.05) is 58.6 Å². The Hall–Kier alpha value is -4.20. The number of fused-ring (bicyclic) bond motifs is 1. The lowest BCUT2D eigenvalue weighted by molar-refractivity contribution is -0.0987. The predicted molar refractivity (Wildman–Crippen MR) is 152 cm³/mol. The number of aromatic nitrogens is 2. The molecular weight excluding hydrogens is 488 g/mol. The first-order valence-corrected chi connectivity index (χ1v) is 12.2. The van der Waals surface area contributed by atoms with E-state index in [1.54, 1.807) is 12.3 Å². The molecule has 2 aromatic carbocycles. The first-order valence-electron chi connectivity index (χ1n) is 12.2. The van der Waals surface area contributed by atoms with Gasteiger partial charge in [0.2, 0.25) is 5.78 Å². The van der Waals surface area contributed by atoms with Gasteiger partial charge in [-0.25, -0.2) is 13.8 Å². The molecule has 0 radical (unpaired) electrons. The third kappa shape index (κ3) is 8.44. The Labute approximate surface area is 223 Å². The first kappa shape index (κ1) is 33.8. The standard InChI is InChI=1S/C22H17F2N3O.C4H10.C2H6.2CH2O/c1-12-3-5-13(6-4-12)14-9-15-16(11-27-22(15)26-10-14)21(28)19-17(23)7-8-18(25-2)20(19)24;1-3-4-2;3*1-2/h3-11,25H,1-2H3,(H,26,27);3-4H2,1-2H3;1-2H3;2*1H2. The average molecular weight is 526 g/mol. The van der Waals surface area contributed by atoms with Crippen molar-refractivity contribution in [3.63, 3.8) is 0 Å². The Kier molecular flexibility index (Phi) is 16.1. The molecule has 6 nitrogen and oxygen atoms in total. The normalized spacial score (nSPS) is 9.26. The van der Waals surface area contributed by atoms with Crippen LogP contribution in [0.5, 0.6) is 0 Å². The number of carbonyl (C=O) groups is 3. The number of H-pyrrole nitrogens is 1. The number of nitrogens with one attached hydrogen (secondary N) is 2. The summed E-state index contributed by atoms with van der Waals surface area (Å²) in [7, 11) is 1.51. The quantitative estimate of drug-likeness (QED) is 0.262. The topological polar surface area (TPSA) is 91.9 Å². The summed E-state index contributed by atoms with van der Waals surface area (Å²) in [5, 5.41) is 3.13. The van der Waals surface area contributed by atoms with Gasteiger partial charge in [-0.2, -0.15) is 0 Å². The number of nitrogens with zero attached hydrogens (tertiary/aromatic N) is 1. The van der Waals surface area contributed by atoms with Gasteiger partial charge in [-0.15, -0.1) is 0 Å². The van der Waals surface area contributed by atoms with Crippen LogP contribution in [0.15, 0.2) is 54.9 Å². The monoisotopic (exact) mass is 525 g/mol. The number of hydrogen-bond acceptors (Lipinski definition) is 5. The van der Waals surface area contributed by atoms with E-state index in [4.69, 9.17) is 9.59 Å². The number of halogens is 2. The fraction of sp³-hybridized carbons (Fsp3) is 0.267. The maximum absolute atomic E-state index is 14.6. The largest absolute Gasteiger partial charge is 0.386 e. The van der Waals surface area contributed by atoms with E-state index in [9.17, 15) is 13.6 Å². The fourth-order valence-corrected chi connectivity index (χ4v) is 3.18. The molecular formula is C30H37F2N3O3. The second-order valence-corrected chi connectivity index (χ2v) is 7.55. The van der Waals surface area contributed by atoms with Gasteiger partial charge in [0.25, 0.3) is 0 Å². The highest BCUT2D eigenvalue weighted by Gasteiger charge is 2.24. The molecule has 38 heavy (non-hydrogen) atoms. The van der Waals surface area contributed by atoms with Crippen molar-refractivity contribution in [3.05, 3.63) is 83.2 Å². The van der Waals surface area contributed by atoms with Crippen LogP contribution < -0.4 is 5.32 Å². The molecule has 0 saturated carbocycles. The molecule has 0 bridgehead atoms. The number of pyridine rings is 1. The number of unbranched alkanes of at least 4 members (excludes halogenated alkanes) is 1. The Morgan fingerprint density at radius 2 is 1.53 bits per heavy atom. The van der Waals surface area contributed by atoms with Crippen LogP contribution in [0.3, 0.4) is 0 Å². The molecule has 0 aliphatic heterocycles. The number of anilines is 1. The van der Waals surface area contributed by atoms with Gasteiger partial charge in [-0.05, 0) is 30.7 Å². The molecule has 2 aromatic heterocycles. The van der Waals surface area contributed by atoms with Gasteiger partial charge in [-0.1, -0.05) is 70.4 Å². The van der Waals surface area contributed by atoms with E-state index in [2.05, 4.69) is 29.1 Å². The van der Waals surface area contributed by atoms with Crippen molar-refractivity contribution >= 4 is 36.1 Å². The number of benzene rings is 2. The number of rotatable bonds is 5. The summed E-state index contributed by atoms with van der Waals surface area (Å²) < 4.78 is 28.9. The summed E-state index contributed by atoms with van der Waals surface area (Å²) in [6, 6.07) is 12.0. The molecule has 204 valence electrons. The van der Waals surface area contributed by atoms with Gasteiger partial charge in [0, 0.05) is 36.0 Å². The van der Waals surface area contributed by atoms with Crippen LogP contribution in [0, 0.1) is 18.6 Å². The van der Waals surface area contributed by atoms with E-state index >= 15 is 0 Å². The highest BCUT2D eigenvalue weighted by Crippen LogP contribution is 2.29. The van der Waals surface area contributed by atoms with Gasteiger partial charge in [-0.3, -0.25) is 4.79 Å². The number of ketones is 1. The molecule has 2 heterocycles. The van der Waals surface area contributed by atoms with E-state index in [0.717, 1.165) is 22.8 Å². The zero-order chi connectivity index (χ0) is 29.3. The molecule has 0 amide bonds. The smallest absolute Gasteiger partial charge is 0.201 e.